The van der Waals surface area contributed by atoms with Gasteiger partial charge in [-0.05, 0) is 37.2 Å². The smallest absolute Gasteiger partial charge is 0.243 e. The second kappa shape index (κ2) is 11.2. The summed E-state index contributed by atoms with van der Waals surface area (Å²) in [4.78, 5) is 20.7. The number of nitrogens with zero attached hydrogens (tertiary/aromatic N) is 3. The van der Waals surface area contributed by atoms with Crippen LogP contribution in [0.4, 0.5) is 0 Å². The molecule has 0 aromatic heterocycles. The summed E-state index contributed by atoms with van der Waals surface area (Å²) in [6, 6.07) is 10.8. The first-order valence-corrected chi connectivity index (χ1v) is 11.1. The number of carbonyl (C=O) groups is 1. The molecule has 1 aliphatic heterocycles. The lowest BCUT2D eigenvalue weighted by Crippen LogP contribution is -2.46. The molecular formula is C23H37N5O. The number of benzene rings is 1. The van der Waals surface area contributed by atoms with Crippen molar-refractivity contribution in [2.24, 2.45) is 10.9 Å². The maximum absolute atomic E-state index is 12.0. The molecule has 1 unspecified atom stereocenters. The van der Waals surface area contributed by atoms with Crippen LogP contribution < -0.4 is 10.6 Å². The molecule has 160 valence electrons. The third-order valence-electron chi connectivity index (χ3n) is 6.02. The van der Waals surface area contributed by atoms with Crippen LogP contribution in [0, 0.1) is 5.92 Å². The molecule has 29 heavy (non-hydrogen) atoms. The summed E-state index contributed by atoms with van der Waals surface area (Å²) in [5.41, 5.74) is 1.30. The number of guanidine groups is 1. The Morgan fingerprint density at radius 2 is 1.93 bits per heavy atom. The Hall–Kier alpha value is -2.08. The Balaban J connectivity index is 1.50. The number of carbonyl (C=O) groups excluding carboxylic acids is 1. The summed E-state index contributed by atoms with van der Waals surface area (Å²) in [6.07, 6.45) is 7.67. The number of likely N-dealkylation sites (tertiary alicyclic amines) is 1. The Kier molecular flexibility index (Phi) is 8.35. The second-order valence-corrected chi connectivity index (χ2v) is 8.66. The molecule has 1 aromatic rings. The topological polar surface area (TPSA) is 60.0 Å². The monoisotopic (exact) mass is 399 g/mol. The van der Waals surface area contributed by atoms with Crippen molar-refractivity contribution in [2.75, 3.05) is 46.8 Å². The van der Waals surface area contributed by atoms with Crippen LogP contribution in [0.3, 0.4) is 0 Å². The average Bonchev–Trinajstić information content (AvgIpc) is 3.39. The SMILES string of the molecule is CN(C)C(=O)CN=C(NCCc1ccccc1)NC1CCN(CC2CCCC2)C1. The zero-order valence-electron chi connectivity index (χ0n) is 18.1. The molecule has 1 heterocycles. The molecule has 0 spiro atoms. The molecule has 0 radical (unpaired) electrons. The maximum Gasteiger partial charge on any atom is 0.243 e. The molecule has 2 fully saturated rings. The summed E-state index contributed by atoms with van der Waals surface area (Å²) in [5.74, 6) is 1.66. The van der Waals surface area contributed by atoms with Crippen molar-refractivity contribution in [3.05, 3.63) is 35.9 Å². The van der Waals surface area contributed by atoms with Crippen LogP contribution in [0.1, 0.15) is 37.7 Å². The van der Waals surface area contributed by atoms with Crippen molar-refractivity contribution in [3.8, 4) is 0 Å². The van der Waals surface area contributed by atoms with Crippen molar-refractivity contribution in [1.82, 2.24) is 20.4 Å². The van der Waals surface area contributed by atoms with Gasteiger partial charge in [-0.3, -0.25) is 4.79 Å². The highest BCUT2D eigenvalue weighted by molar-refractivity contribution is 5.85. The minimum absolute atomic E-state index is 0.0171. The van der Waals surface area contributed by atoms with Crippen molar-refractivity contribution in [3.63, 3.8) is 0 Å². The highest BCUT2D eigenvalue weighted by Gasteiger charge is 2.26. The van der Waals surface area contributed by atoms with E-state index in [1.807, 2.05) is 6.07 Å². The minimum atomic E-state index is 0.0171. The van der Waals surface area contributed by atoms with Gasteiger partial charge in [0.15, 0.2) is 5.96 Å². The number of likely N-dealkylation sites (N-methyl/N-ethyl adjacent to an activating group) is 1. The van der Waals surface area contributed by atoms with Crippen LogP contribution in [-0.4, -0.2) is 74.5 Å². The van der Waals surface area contributed by atoms with Gasteiger partial charge in [-0.15, -0.1) is 0 Å². The Labute approximate surface area is 175 Å². The van der Waals surface area contributed by atoms with E-state index in [9.17, 15) is 4.79 Å². The summed E-state index contributed by atoms with van der Waals surface area (Å²) in [5, 5.41) is 7.00. The quantitative estimate of drug-likeness (QED) is 0.519. The van der Waals surface area contributed by atoms with E-state index in [1.165, 1.54) is 37.8 Å². The van der Waals surface area contributed by atoms with Crippen molar-refractivity contribution in [1.29, 1.82) is 0 Å². The van der Waals surface area contributed by atoms with E-state index in [1.54, 1.807) is 19.0 Å². The van der Waals surface area contributed by atoms with Crippen LogP contribution in [0.25, 0.3) is 0 Å². The van der Waals surface area contributed by atoms with Crippen LogP contribution in [0.2, 0.25) is 0 Å². The van der Waals surface area contributed by atoms with Gasteiger partial charge in [0.25, 0.3) is 0 Å². The second-order valence-electron chi connectivity index (χ2n) is 8.66. The van der Waals surface area contributed by atoms with E-state index >= 15 is 0 Å². The van der Waals surface area contributed by atoms with Gasteiger partial charge < -0.3 is 20.4 Å². The zero-order valence-corrected chi connectivity index (χ0v) is 18.1. The van der Waals surface area contributed by atoms with Gasteiger partial charge in [0.1, 0.15) is 6.54 Å². The van der Waals surface area contributed by atoms with E-state index < -0.39 is 0 Å². The molecule has 6 heteroatoms. The predicted octanol–water partition coefficient (Wildman–Crippen LogP) is 2.12. The van der Waals surface area contributed by atoms with E-state index in [2.05, 4.69) is 44.8 Å². The molecule has 0 bridgehead atoms. The van der Waals surface area contributed by atoms with E-state index in [4.69, 9.17) is 0 Å². The van der Waals surface area contributed by atoms with Crippen molar-refractivity contribution in [2.45, 2.75) is 44.6 Å². The number of amides is 1. The fraction of sp³-hybridized carbons (Fsp3) is 0.652. The first kappa shape index (κ1) is 21.6. The maximum atomic E-state index is 12.0. The highest BCUT2D eigenvalue weighted by Crippen LogP contribution is 2.26. The van der Waals surface area contributed by atoms with Gasteiger partial charge in [0.05, 0.1) is 0 Å². The predicted molar refractivity (Wildman–Crippen MR) is 119 cm³/mol. The molecule has 2 aliphatic rings. The fourth-order valence-electron chi connectivity index (χ4n) is 4.28. The largest absolute Gasteiger partial charge is 0.356 e. The first-order chi connectivity index (χ1) is 14.1. The normalized spacial score (nSPS) is 20.8. The number of rotatable bonds is 8. The molecule has 6 nitrogen and oxygen atoms in total. The van der Waals surface area contributed by atoms with Crippen LogP contribution in [0.5, 0.6) is 0 Å². The molecule has 1 amide bonds. The zero-order chi connectivity index (χ0) is 20.5. The van der Waals surface area contributed by atoms with Crippen LogP contribution in [-0.2, 0) is 11.2 Å². The van der Waals surface area contributed by atoms with Gasteiger partial charge in [-0.2, -0.15) is 0 Å². The molecule has 1 atom stereocenters. The molecular weight excluding hydrogens is 362 g/mol. The standard InChI is InChI=1S/C23H37N5O/c1-27(2)22(29)16-25-23(24-14-12-19-8-4-3-5-9-19)26-21-13-15-28(18-21)17-20-10-6-7-11-20/h3-5,8-9,20-21H,6-7,10-18H2,1-2H3,(H2,24,25,26). The molecule has 1 aromatic carbocycles. The average molecular weight is 400 g/mol. The molecule has 1 aliphatic carbocycles. The summed E-state index contributed by atoms with van der Waals surface area (Å²) in [6.45, 7) is 4.43. The van der Waals surface area contributed by atoms with Crippen LogP contribution in [0.15, 0.2) is 35.3 Å². The lowest BCUT2D eigenvalue weighted by atomic mass is 10.1. The number of hydrogen-bond acceptors (Lipinski definition) is 3. The molecule has 2 N–H and O–H groups in total. The Morgan fingerprint density at radius 3 is 2.66 bits per heavy atom. The van der Waals surface area contributed by atoms with Gasteiger partial charge in [0.2, 0.25) is 5.91 Å². The van der Waals surface area contributed by atoms with Crippen LogP contribution >= 0.6 is 0 Å². The number of aliphatic imine (C=N–C) groups is 1. The van der Waals surface area contributed by atoms with E-state index in [0.29, 0.717) is 6.04 Å². The Bertz CT molecular complexity index is 654. The summed E-state index contributed by atoms with van der Waals surface area (Å²) in [7, 11) is 3.54. The van der Waals surface area contributed by atoms with Gasteiger partial charge in [0, 0.05) is 46.3 Å². The number of nitrogens with one attached hydrogen (secondary N) is 2. The lowest BCUT2D eigenvalue weighted by molar-refractivity contribution is -0.127. The fourth-order valence-corrected chi connectivity index (χ4v) is 4.28. The first-order valence-electron chi connectivity index (χ1n) is 11.1. The van der Waals surface area contributed by atoms with Gasteiger partial charge in [-0.25, -0.2) is 4.99 Å². The van der Waals surface area contributed by atoms with E-state index in [-0.39, 0.29) is 12.5 Å². The third kappa shape index (κ3) is 7.35. The number of hydrogen-bond donors (Lipinski definition) is 2. The van der Waals surface area contributed by atoms with Crippen molar-refractivity contribution < 1.29 is 4.79 Å². The highest BCUT2D eigenvalue weighted by atomic mass is 16.2. The molecule has 1 saturated carbocycles. The molecule has 1 saturated heterocycles. The van der Waals surface area contributed by atoms with E-state index in [0.717, 1.165) is 44.4 Å². The Morgan fingerprint density at radius 1 is 1.17 bits per heavy atom. The lowest BCUT2D eigenvalue weighted by Gasteiger charge is -2.21. The van der Waals surface area contributed by atoms with Crippen molar-refractivity contribution >= 4 is 11.9 Å². The molecule has 3 rings (SSSR count). The summed E-state index contributed by atoms with van der Waals surface area (Å²) < 4.78 is 0. The minimum Gasteiger partial charge on any atom is -0.356 e. The van der Waals surface area contributed by atoms with Gasteiger partial charge >= 0.3 is 0 Å². The van der Waals surface area contributed by atoms with Gasteiger partial charge in [-0.1, -0.05) is 43.2 Å². The summed E-state index contributed by atoms with van der Waals surface area (Å²) >= 11 is 0. The third-order valence-corrected chi connectivity index (χ3v) is 6.02.